The second kappa shape index (κ2) is 7.51. The van der Waals surface area contributed by atoms with E-state index in [-0.39, 0.29) is 23.7 Å². The van der Waals surface area contributed by atoms with Crippen LogP contribution in [0.5, 0.6) is 0 Å². The van der Waals surface area contributed by atoms with E-state index in [1.807, 2.05) is 6.07 Å². The van der Waals surface area contributed by atoms with Crippen molar-refractivity contribution in [3.8, 4) is 0 Å². The van der Waals surface area contributed by atoms with E-state index in [1.165, 1.54) is 10.6 Å². The third kappa shape index (κ3) is 4.46. The summed E-state index contributed by atoms with van der Waals surface area (Å²) in [7, 11) is -3.26. The molecule has 0 aliphatic carbocycles. The van der Waals surface area contributed by atoms with Gasteiger partial charge in [0.2, 0.25) is 10.0 Å². The Labute approximate surface area is 155 Å². The lowest BCUT2D eigenvalue weighted by Gasteiger charge is -2.34. The third-order valence-corrected chi connectivity index (χ3v) is 6.26. The molecule has 1 aromatic carbocycles. The summed E-state index contributed by atoms with van der Waals surface area (Å²) >= 11 is 0. The fraction of sp³-hybridized carbons (Fsp3) is 0.588. The Hall–Kier alpha value is -1.31. The molecule has 0 bridgehead atoms. The van der Waals surface area contributed by atoms with Crippen molar-refractivity contribution in [3.63, 3.8) is 0 Å². The van der Waals surface area contributed by atoms with Crippen LogP contribution >= 0.6 is 12.4 Å². The van der Waals surface area contributed by atoms with Gasteiger partial charge in [-0.2, -0.15) is 0 Å². The van der Waals surface area contributed by atoms with Crippen molar-refractivity contribution in [2.75, 3.05) is 36.7 Å². The van der Waals surface area contributed by atoms with Crippen molar-refractivity contribution in [2.45, 2.75) is 26.2 Å². The molecular weight excluding hydrogens is 362 g/mol. The number of anilines is 1. The summed E-state index contributed by atoms with van der Waals surface area (Å²) in [5, 5.41) is 6.38. The van der Waals surface area contributed by atoms with Crippen LogP contribution in [0.25, 0.3) is 0 Å². The molecule has 2 aliphatic rings. The molecule has 1 saturated heterocycles. The van der Waals surface area contributed by atoms with E-state index in [9.17, 15) is 13.2 Å². The molecule has 0 unspecified atom stereocenters. The number of fused-ring (bicyclic) bond motifs is 1. The number of nitrogens with one attached hydrogen (secondary N) is 2. The molecule has 1 fully saturated rings. The number of carbonyl (C=O) groups excluding carboxylic acids is 1. The summed E-state index contributed by atoms with van der Waals surface area (Å²) in [5.74, 6) is -0.0876. The summed E-state index contributed by atoms with van der Waals surface area (Å²) in [6.07, 6.45) is 3.97. The van der Waals surface area contributed by atoms with E-state index in [1.54, 1.807) is 12.1 Å². The molecule has 2 N–H and O–H groups in total. The van der Waals surface area contributed by atoms with Crippen LogP contribution < -0.4 is 14.9 Å². The van der Waals surface area contributed by atoms with Crippen LogP contribution in [-0.2, 0) is 16.4 Å². The first-order valence-electron chi connectivity index (χ1n) is 8.38. The molecule has 25 heavy (non-hydrogen) atoms. The normalized spacial score (nSPS) is 19.0. The molecule has 140 valence electrons. The maximum absolute atomic E-state index is 12.4. The Morgan fingerprint density at radius 1 is 1.32 bits per heavy atom. The fourth-order valence-corrected chi connectivity index (χ4v) is 4.42. The average molecular weight is 388 g/mol. The number of amides is 1. The zero-order valence-corrected chi connectivity index (χ0v) is 16.3. The number of carbonyl (C=O) groups is 1. The zero-order chi connectivity index (χ0) is 17.4. The van der Waals surface area contributed by atoms with E-state index in [0.29, 0.717) is 30.8 Å². The molecule has 1 aromatic rings. The van der Waals surface area contributed by atoms with Gasteiger partial charge < -0.3 is 10.6 Å². The first-order valence-corrected chi connectivity index (χ1v) is 10.2. The van der Waals surface area contributed by atoms with Crippen molar-refractivity contribution >= 4 is 34.0 Å². The van der Waals surface area contributed by atoms with Crippen LogP contribution in [-0.4, -0.2) is 46.8 Å². The number of hydrogen-bond donors (Lipinski definition) is 2. The molecule has 2 aliphatic heterocycles. The van der Waals surface area contributed by atoms with Crippen LogP contribution in [0.3, 0.4) is 0 Å². The molecule has 0 spiro atoms. The molecule has 3 rings (SSSR count). The van der Waals surface area contributed by atoms with Gasteiger partial charge in [0.05, 0.1) is 11.9 Å². The Morgan fingerprint density at radius 3 is 2.64 bits per heavy atom. The average Bonchev–Trinajstić information content (AvgIpc) is 2.96. The second-order valence-electron chi connectivity index (χ2n) is 7.17. The highest BCUT2D eigenvalue weighted by Crippen LogP contribution is 2.31. The SMILES string of the molecule is CC1(CNC(=O)c2ccc3c(c2)CCN3S(C)(=O)=O)CCNCC1.Cl. The molecule has 0 saturated carbocycles. The van der Waals surface area contributed by atoms with Gasteiger partial charge in [-0.3, -0.25) is 9.10 Å². The number of halogens is 1. The number of piperidine rings is 1. The minimum absolute atomic E-state index is 0. The van der Waals surface area contributed by atoms with E-state index in [4.69, 9.17) is 0 Å². The molecule has 0 radical (unpaired) electrons. The van der Waals surface area contributed by atoms with Gasteiger partial charge in [0.25, 0.3) is 5.91 Å². The largest absolute Gasteiger partial charge is 0.351 e. The molecule has 2 heterocycles. The number of sulfonamides is 1. The monoisotopic (exact) mass is 387 g/mol. The van der Waals surface area contributed by atoms with Gasteiger partial charge in [-0.25, -0.2) is 8.42 Å². The van der Waals surface area contributed by atoms with Gasteiger partial charge >= 0.3 is 0 Å². The Kier molecular flexibility index (Phi) is 6.01. The van der Waals surface area contributed by atoms with Crippen LogP contribution in [0.4, 0.5) is 5.69 Å². The molecule has 1 amide bonds. The molecule has 0 aromatic heterocycles. The van der Waals surface area contributed by atoms with Gasteiger partial charge in [0.1, 0.15) is 0 Å². The maximum Gasteiger partial charge on any atom is 0.251 e. The lowest BCUT2D eigenvalue weighted by Crippen LogP contribution is -2.42. The Balaban J connectivity index is 0.00000225. The van der Waals surface area contributed by atoms with Gasteiger partial charge in [0.15, 0.2) is 0 Å². The standard InChI is InChI=1S/C17H25N3O3S.ClH/c1-17(6-8-18-9-7-17)12-19-16(21)14-3-4-15-13(11-14)5-10-20(15)24(2,22)23;/h3-4,11,18H,5-10,12H2,1-2H3,(H,19,21);1H. The van der Waals surface area contributed by atoms with Crippen LogP contribution in [0, 0.1) is 5.41 Å². The molecule has 0 atom stereocenters. The number of nitrogens with zero attached hydrogens (tertiary/aromatic N) is 1. The first-order chi connectivity index (χ1) is 11.3. The molecular formula is C17H26ClN3O3S. The lowest BCUT2D eigenvalue weighted by atomic mass is 9.81. The summed E-state index contributed by atoms with van der Waals surface area (Å²) in [5.41, 5.74) is 2.35. The second-order valence-corrected chi connectivity index (χ2v) is 9.08. The van der Waals surface area contributed by atoms with E-state index < -0.39 is 10.0 Å². The minimum atomic E-state index is -3.26. The van der Waals surface area contributed by atoms with Gasteiger partial charge in [0, 0.05) is 18.7 Å². The van der Waals surface area contributed by atoms with Crippen molar-refractivity contribution < 1.29 is 13.2 Å². The van der Waals surface area contributed by atoms with Crippen molar-refractivity contribution in [1.82, 2.24) is 10.6 Å². The lowest BCUT2D eigenvalue weighted by molar-refractivity contribution is 0.0922. The smallest absolute Gasteiger partial charge is 0.251 e. The number of benzene rings is 1. The highest BCUT2D eigenvalue weighted by atomic mass is 35.5. The van der Waals surface area contributed by atoms with E-state index in [0.717, 1.165) is 31.5 Å². The maximum atomic E-state index is 12.4. The third-order valence-electron chi connectivity index (χ3n) is 5.08. The highest BCUT2D eigenvalue weighted by molar-refractivity contribution is 7.92. The number of rotatable bonds is 4. The quantitative estimate of drug-likeness (QED) is 0.821. The van der Waals surface area contributed by atoms with Crippen LogP contribution in [0.1, 0.15) is 35.7 Å². The van der Waals surface area contributed by atoms with E-state index in [2.05, 4.69) is 17.6 Å². The summed E-state index contributed by atoms with van der Waals surface area (Å²) in [6.45, 7) is 5.31. The molecule has 8 heteroatoms. The zero-order valence-electron chi connectivity index (χ0n) is 14.7. The van der Waals surface area contributed by atoms with Gasteiger partial charge in [-0.05, 0) is 61.5 Å². The Bertz CT molecular complexity index is 746. The predicted molar refractivity (Wildman–Crippen MR) is 102 cm³/mol. The van der Waals surface area contributed by atoms with Gasteiger partial charge in [-0.15, -0.1) is 12.4 Å². The van der Waals surface area contributed by atoms with E-state index >= 15 is 0 Å². The summed E-state index contributed by atoms with van der Waals surface area (Å²) in [4.78, 5) is 12.4. The summed E-state index contributed by atoms with van der Waals surface area (Å²) < 4.78 is 24.9. The summed E-state index contributed by atoms with van der Waals surface area (Å²) in [6, 6.07) is 5.27. The van der Waals surface area contributed by atoms with Crippen molar-refractivity contribution in [1.29, 1.82) is 0 Å². The fourth-order valence-electron chi connectivity index (χ4n) is 3.46. The topological polar surface area (TPSA) is 78.5 Å². The van der Waals surface area contributed by atoms with Crippen LogP contribution in [0.2, 0.25) is 0 Å². The predicted octanol–water partition coefficient (Wildman–Crippen LogP) is 1.55. The van der Waals surface area contributed by atoms with Gasteiger partial charge in [-0.1, -0.05) is 6.92 Å². The number of hydrogen-bond acceptors (Lipinski definition) is 4. The van der Waals surface area contributed by atoms with Crippen molar-refractivity contribution in [3.05, 3.63) is 29.3 Å². The van der Waals surface area contributed by atoms with Crippen LogP contribution in [0.15, 0.2) is 18.2 Å². The Morgan fingerprint density at radius 2 is 2.00 bits per heavy atom. The first kappa shape index (κ1) is 20.0. The highest BCUT2D eigenvalue weighted by Gasteiger charge is 2.29. The minimum Gasteiger partial charge on any atom is -0.351 e. The molecule has 6 nitrogen and oxygen atoms in total. The van der Waals surface area contributed by atoms with Crippen molar-refractivity contribution in [2.24, 2.45) is 5.41 Å².